The largest absolute Gasteiger partial charge is 0.198 e. The number of allylic oxidation sites excluding steroid dienone is 2. The second-order valence-electron chi connectivity index (χ2n) is 4.56. The normalized spacial score (nSPS) is 23.2. The zero-order valence-electron chi connectivity index (χ0n) is 9.97. The SMILES string of the molecule is CCCCCC1CCCC1=CCCC#N. The zero-order valence-corrected chi connectivity index (χ0v) is 9.97. The van der Waals surface area contributed by atoms with E-state index in [1.54, 1.807) is 5.57 Å². The lowest BCUT2D eigenvalue weighted by Gasteiger charge is -2.11. The van der Waals surface area contributed by atoms with Crippen LogP contribution in [-0.4, -0.2) is 0 Å². The van der Waals surface area contributed by atoms with E-state index in [2.05, 4.69) is 19.1 Å². The average molecular weight is 205 g/mol. The van der Waals surface area contributed by atoms with Gasteiger partial charge >= 0.3 is 0 Å². The summed E-state index contributed by atoms with van der Waals surface area (Å²) in [4.78, 5) is 0. The molecule has 1 aliphatic rings. The van der Waals surface area contributed by atoms with Crippen LogP contribution in [-0.2, 0) is 0 Å². The van der Waals surface area contributed by atoms with Crippen molar-refractivity contribution in [3.8, 4) is 6.07 Å². The van der Waals surface area contributed by atoms with Crippen LogP contribution in [0.2, 0.25) is 0 Å². The molecule has 1 fully saturated rings. The molecular weight excluding hydrogens is 182 g/mol. The number of hydrogen-bond acceptors (Lipinski definition) is 1. The van der Waals surface area contributed by atoms with E-state index in [-0.39, 0.29) is 0 Å². The third-order valence-corrected chi connectivity index (χ3v) is 3.36. The van der Waals surface area contributed by atoms with Gasteiger partial charge in [0.15, 0.2) is 0 Å². The van der Waals surface area contributed by atoms with Crippen molar-refractivity contribution < 1.29 is 0 Å². The van der Waals surface area contributed by atoms with Crippen LogP contribution in [0, 0.1) is 17.2 Å². The molecule has 0 saturated heterocycles. The van der Waals surface area contributed by atoms with E-state index in [9.17, 15) is 0 Å². The van der Waals surface area contributed by atoms with Crippen LogP contribution in [0.25, 0.3) is 0 Å². The molecule has 1 atom stereocenters. The van der Waals surface area contributed by atoms with Gasteiger partial charge in [0, 0.05) is 6.42 Å². The van der Waals surface area contributed by atoms with E-state index in [1.807, 2.05) is 0 Å². The zero-order chi connectivity index (χ0) is 10.9. The molecule has 0 spiro atoms. The molecule has 0 radical (unpaired) electrons. The molecule has 1 nitrogen and oxygen atoms in total. The minimum atomic E-state index is 0.686. The minimum absolute atomic E-state index is 0.686. The minimum Gasteiger partial charge on any atom is -0.198 e. The first-order chi connectivity index (χ1) is 7.38. The number of unbranched alkanes of at least 4 members (excludes halogenated alkanes) is 3. The number of hydrogen-bond donors (Lipinski definition) is 0. The van der Waals surface area contributed by atoms with Gasteiger partial charge in [-0.05, 0) is 38.0 Å². The third kappa shape index (κ3) is 4.51. The molecule has 84 valence electrons. The first-order valence-electron chi connectivity index (χ1n) is 6.44. The third-order valence-electron chi connectivity index (χ3n) is 3.36. The van der Waals surface area contributed by atoms with E-state index in [0.29, 0.717) is 6.42 Å². The standard InChI is InChI=1S/C14H23N/c1-2-3-4-8-13-10-7-11-14(13)9-5-6-12-15/h9,13H,2-8,10-11H2,1H3. The van der Waals surface area contributed by atoms with Crippen molar-refractivity contribution in [3.63, 3.8) is 0 Å². The molecule has 1 saturated carbocycles. The van der Waals surface area contributed by atoms with E-state index in [4.69, 9.17) is 5.26 Å². The molecule has 0 aliphatic heterocycles. The van der Waals surface area contributed by atoms with Crippen LogP contribution < -0.4 is 0 Å². The Balaban J connectivity index is 2.29. The Morgan fingerprint density at radius 1 is 1.47 bits per heavy atom. The second-order valence-corrected chi connectivity index (χ2v) is 4.56. The Morgan fingerprint density at radius 3 is 3.07 bits per heavy atom. The van der Waals surface area contributed by atoms with Crippen molar-refractivity contribution in [2.24, 2.45) is 5.92 Å². The maximum Gasteiger partial charge on any atom is 0.0625 e. The lowest BCUT2D eigenvalue weighted by atomic mass is 9.95. The van der Waals surface area contributed by atoms with Gasteiger partial charge in [-0.15, -0.1) is 0 Å². The average Bonchev–Trinajstić information content (AvgIpc) is 2.67. The predicted molar refractivity (Wildman–Crippen MR) is 64.4 cm³/mol. The van der Waals surface area contributed by atoms with Gasteiger partial charge in [0.2, 0.25) is 0 Å². The molecule has 0 heterocycles. The molecule has 0 bridgehead atoms. The number of nitriles is 1. The summed E-state index contributed by atoms with van der Waals surface area (Å²) in [6.45, 7) is 2.26. The van der Waals surface area contributed by atoms with Gasteiger partial charge in [0.25, 0.3) is 0 Å². The second kappa shape index (κ2) is 7.51. The van der Waals surface area contributed by atoms with Crippen molar-refractivity contribution in [3.05, 3.63) is 11.6 Å². The smallest absolute Gasteiger partial charge is 0.0625 e. The van der Waals surface area contributed by atoms with Crippen molar-refractivity contribution in [2.45, 2.75) is 64.7 Å². The Labute approximate surface area is 94.2 Å². The fraction of sp³-hybridized carbons (Fsp3) is 0.786. The van der Waals surface area contributed by atoms with Gasteiger partial charge < -0.3 is 0 Å². The first-order valence-corrected chi connectivity index (χ1v) is 6.44. The van der Waals surface area contributed by atoms with Gasteiger partial charge in [0.05, 0.1) is 6.07 Å². The Kier molecular flexibility index (Phi) is 6.16. The maximum atomic E-state index is 8.50. The van der Waals surface area contributed by atoms with Gasteiger partial charge in [-0.2, -0.15) is 5.26 Å². The fourth-order valence-electron chi connectivity index (χ4n) is 2.50. The summed E-state index contributed by atoms with van der Waals surface area (Å²) in [5.74, 6) is 0.857. The predicted octanol–water partition coefficient (Wildman–Crippen LogP) is 4.60. The summed E-state index contributed by atoms with van der Waals surface area (Å²) >= 11 is 0. The molecule has 0 N–H and O–H groups in total. The summed E-state index contributed by atoms with van der Waals surface area (Å²) in [6, 6.07) is 2.21. The highest BCUT2D eigenvalue weighted by Gasteiger charge is 2.19. The van der Waals surface area contributed by atoms with Crippen LogP contribution in [0.15, 0.2) is 11.6 Å². The fourth-order valence-corrected chi connectivity index (χ4v) is 2.50. The molecular formula is C14H23N. The van der Waals surface area contributed by atoms with Crippen LogP contribution in [0.3, 0.4) is 0 Å². The molecule has 15 heavy (non-hydrogen) atoms. The summed E-state index contributed by atoms with van der Waals surface area (Å²) in [6.07, 6.45) is 13.5. The van der Waals surface area contributed by atoms with Gasteiger partial charge in [0.1, 0.15) is 0 Å². The van der Waals surface area contributed by atoms with E-state index in [1.165, 1.54) is 44.9 Å². The Hall–Kier alpha value is -0.770. The highest BCUT2D eigenvalue weighted by Crippen LogP contribution is 2.35. The molecule has 0 aromatic heterocycles. The van der Waals surface area contributed by atoms with Crippen LogP contribution in [0.4, 0.5) is 0 Å². The molecule has 1 rings (SSSR count). The monoisotopic (exact) mass is 205 g/mol. The van der Waals surface area contributed by atoms with Crippen molar-refractivity contribution in [2.75, 3.05) is 0 Å². The highest BCUT2D eigenvalue weighted by molar-refractivity contribution is 5.11. The summed E-state index contributed by atoms with van der Waals surface area (Å²) < 4.78 is 0. The van der Waals surface area contributed by atoms with Crippen molar-refractivity contribution >= 4 is 0 Å². The topological polar surface area (TPSA) is 23.8 Å². The highest BCUT2D eigenvalue weighted by atomic mass is 14.3. The molecule has 1 heteroatoms. The molecule has 0 aromatic rings. The number of rotatable bonds is 6. The Morgan fingerprint density at radius 2 is 2.33 bits per heavy atom. The van der Waals surface area contributed by atoms with Gasteiger partial charge in [-0.1, -0.05) is 37.8 Å². The van der Waals surface area contributed by atoms with Crippen LogP contribution in [0.1, 0.15) is 64.7 Å². The molecule has 0 aromatic carbocycles. The first kappa shape index (κ1) is 12.3. The van der Waals surface area contributed by atoms with Crippen LogP contribution in [0.5, 0.6) is 0 Å². The molecule has 1 aliphatic carbocycles. The van der Waals surface area contributed by atoms with E-state index >= 15 is 0 Å². The van der Waals surface area contributed by atoms with Crippen LogP contribution >= 0.6 is 0 Å². The van der Waals surface area contributed by atoms with E-state index < -0.39 is 0 Å². The van der Waals surface area contributed by atoms with Crippen molar-refractivity contribution in [1.82, 2.24) is 0 Å². The summed E-state index contributed by atoms with van der Waals surface area (Å²) in [7, 11) is 0. The lowest BCUT2D eigenvalue weighted by Crippen LogP contribution is -1.96. The van der Waals surface area contributed by atoms with Gasteiger partial charge in [-0.3, -0.25) is 0 Å². The number of nitrogens with zero attached hydrogens (tertiary/aromatic N) is 1. The maximum absolute atomic E-state index is 8.50. The van der Waals surface area contributed by atoms with E-state index in [0.717, 1.165) is 12.3 Å². The van der Waals surface area contributed by atoms with Crippen molar-refractivity contribution in [1.29, 1.82) is 5.26 Å². The molecule has 0 amide bonds. The van der Waals surface area contributed by atoms with Gasteiger partial charge in [-0.25, -0.2) is 0 Å². The molecule has 1 unspecified atom stereocenters. The Bertz CT molecular complexity index is 234. The lowest BCUT2D eigenvalue weighted by molar-refractivity contribution is 0.525. The summed E-state index contributed by atoms with van der Waals surface area (Å²) in [5, 5.41) is 8.50. The quantitative estimate of drug-likeness (QED) is 0.459. The summed E-state index contributed by atoms with van der Waals surface area (Å²) in [5.41, 5.74) is 1.65.